The lowest BCUT2D eigenvalue weighted by molar-refractivity contribution is -0.199. The molecule has 238 valence electrons. The van der Waals surface area contributed by atoms with Gasteiger partial charge in [0.1, 0.15) is 11.8 Å². The summed E-state index contributed by atoms with van der Waals surface area (Å²) in [6.45, 7) is 11.3. The summed E-state index contributed by atoms with van der Waals surface area (Å²) in [6, 6.07) is 6.82. The molecule has 3 aliphatic carbocycles. The first-order chi connectivity index (χ1) is 20.2. The summed E-state index contributed by atoms with van der Waals surface area (Å²) < 4.78 is 38.8. The van der Waals surface area contributed by atoms with E-state index in [0.717, 1.165) is 12.8 Å². The van der Waals surface area contributed by atoms with E-state index in [9.17, 15) is 18.0 Å². The second-order valence-corrected chi connectivity index (χ2v) is 15.4. The lowest BCUT2D eigenvalue weighted by atomic mass is 9.43. The maximum atomic E-state index is 13.8. The lowest BCUT2D eigenvalue weighted by Gasteiger charge is -2.64. The van der Waals surface area contributed by atoms with Crippen molar-refractivity contribution in [3.05, 3.63) is 30.3 Å². The fourth-order valence-electron chi connectivity index (χ4n) is 7.09. The normalized spacial score (nSPS) is 27.6. The molecule has 1 heterocycles. The van der Waals surface area contributed by atoms with Gasteiger partial charge in [-0.1, -0.05) is 45.9 Å². The second kappa shape index (κ2) is 13.2. The van der Waals surface area contributed by atoms with Crippen molar-refractivity contribution in [3.8, 4) is 0 Å². The van der Waals surface area contributed by atoms with Gasteiger partial charge < -0.3 is 31.0 Å². The molecule has 43 heavy (non-hydrogen) atoms. The van der Waals surface area contributed by atoms with Crippen LogP contribution in [0.4, 0.5) is 0 Å². The molecule has 6 atom stereocenters. The molecule has 2 amide bonds. The predicted molar refractivity (Wildman–Crippen MR) is 167 cm³/mol. The molecule has 4 aliphatic rings. The van der Waals surface area contributed by atoms with Crippen LogP contribution in [0.25, 0.3) is 0 Å². The third-order valence-corrected chi connectivity index (χ3v) is 11.3. The Balaban J connectivity index is 1.46. The first kappa shape index (κ1) is 33.3. The number of benzene rings is 1. The highest BCUT2D eigenvalue weighted by molar-refractivity contribution is 7.92. The van der Waals surface area contributed by atoms with Crippen molar-refractivity contribution in [3.63, 3.8) is 0 Å². The molecule has 5 N–H and O–H groups in total. The van der Waals surface area contributed by atoms with E-state index in [4.69, 9.17) is 15.0 Å². The number of guanidine groups is 1. The summed E-state index contributed by atoms with van der Waals surface area (Å²) in [5.41, 5.74) is 5.49. The van der Waals surface area contributed by atoms with Gasteiger partial charge in [-0.2, -0.15) is 0 Å². The van der Waals surface area contributed by atoms with Crippen LogP contribution in [0.1, 0.15) is 66.7 Å². The quantitative estimate of drug-likeness (QED) is 0.113. The first-order valence-corrected chi connectivity index (χ1v) is 17.0. The fraction of sp³-hybridized carbons (Fsp3) is 0.700. The number of aliphatic imine (C=N–C) groups is 1. The van der Waals surface area contributed by atoms with Crippen LogP contribution in [0.5, 0.6) is 0 Å². The highest BCUT2D eigenvalue weighted by Crippen LogP contribution is 2.65. The number of carbonyl (C=O) groups excluding carboxylic acids is 2. The van der Waals surface area contributed by atoms with E-state index in [2.05, 4.69) is 55.6 Å². The molecule has 0 spiro atoms. The van der Waals surface area contributed by atoms with Crippen molar-refractivity contribution < 1.29 is 27.3 Å². The summed E-state index contributed by atoms with van der Waals surface area (Å²) in [4.78, 5) is 30.7. The second-order valence-electron chi connectivity index (χ2n) is 13.5. The lowest BCUT2D eigenvalue weighted by Crippen LogP contribution is -2.65. The van der Waals surface area contributed by atoms with Crippen molar-refractivity contribution in [2.45, 2.75) is 95.3 Å². The molecule has 2 bridgehead atoms. The minimum Gasteiger partial charge on any atom is -0.404 e. The van der Waals surface area contributed by atoms with Crippen molar-refractivity contribution in [2.75, 3.05) is 19.3 Å². The van der Waals surface area contributed by atoms with Crippen LogP contribution in [-0.2, 0) is 28.7 Å². The Labute approximate surface area is 256 Å². The third kappa shape index (κ3) is 7.37. The molecule has 1 saturated heterocycles. The SMILES string of the molecule is CN=C(N)NCCC[C@H](NC(=O)CS(=O)(=O)c1ccccc1)C(=O)N[C@@H](CC(C)C)B1O[C@@H]2C[C@@H]3C[C@@H](C3(C)C)[C@]2(C)O1. The topological polar surface area (TPSA) is 161 Å². The molecule has 1 aromatic carbocycles. The van der Waals surface area contributed by atoms with Crippen LogP contribution in [0, 0.1) is 23.2 Å². The zero-order valence-corrected chi connectivity index (χ0v) is 27.1. The minimum atomic E-state index is -3.88. The zero-order chi connectivity index (χ0) is 31.6. The van der Waals surface area contributed by atoms with Gasteiger partial charge in [-0.3, -0.25) is 14.6 Å². The standard InChI is InChI=1S/C30H48BN5O6S/c1-19(2)15-25(31-41-24-17-20-16-23(29(20,3)4)30(24,5)42-31)36-27(38)22(13-10-14-34-28(32)33-6)35-26(37)18-43(39,40)21-11-8-7-9-12-21/h7-9,11-12,19-20,22-25H,10,13-18H2,1-6H3,(H,35,37)(H,36,38)(H3,32,33,34)/t20-,22-,23-,24+,25-,30-/m0/s1. The van der Waals surface area contributed by atoms with E-state index in [0.29, 0.717) is 31.2 Å². The number of nitrogens with one attached hydrogen (secondary N) is 3. The Bertz CT molecular complexity index is 1290. The Kier molecular flexibility index (Phi) is 10.2. The summed E-state index contributed by atoms with van der Waals surface area (Å²) in [5, 5.41) is 8.73. The molecular weight excluding hydrogens is 569 g/mol. The number of rotatable bonds is 13. The molecule has 5 rings (SSSR count). The molecule has 11 nitrogen and oxygen atoms in total. The van der Waals surface area contributed by atoms with Crippen LogP contribution < -0.4 is 21.7 Å². The van der Waals surface area contributed by atoms with Gasteiger partial charge in [-0.25, -0.2) is 8.42 Å². The van der Waals surface area contributed by atoms with E-state index in [1.807, 2.05) is 0 Å². The van der Waals surface area contributed by atoms with Gasteiger partial charge in [0.15, 0.2) is 15.8 Å². The number of hydrogen-bond acceptors (Lipinski definition) is 7. The molecule has 3 saturated carbocycles. The largest absolute Gasteiger partial charge is 0.481 e. The van der Waals surface area contributed by atoms with Crippen LogP contribution in [-0.4, -0.2) is 76.3 Å². The van der Waals surface area contributed by atoms with E-state index in [1.165, 1.54) is 12.1 Å². The van der Waals surface area contributed by atoms with Crippen molar-refractivity contribution in [1.82, 2.24) is 16.0 Å². The van der Waals surface area contributed by atoms with Crippen molar-refractivity contribution in [2.24, 2.45) is 33.9 Å². The zero-order valence-electron chi connectivity index (χ0n) is 26.3. The predicted octanol–water partition coefficient (Wildman–Crippen LogP) is 2.06. The minimum absolute atomic E-state index is 0.0312. The van der Waals surface area contributed by atoms with Gasteiger partial charge in [0, 0.05) is 13.6 Å². The summed E-state index contributed by atoms with van der Waals surface area (Å²) in [5.74, 6) is -0.880. The smallest absolute Gasteiger partial charge is 0.404 e. The van der Waals surface area contributed by atoms with E-state index >= 15 is 0 Å². The van der Waals surface area contributed by atoms with Crippen molar-refractivity contribution >= 4 is 34.7 Å². The maximum Gasteiger partial charge on any atom is 0.481 e. The number of nitrogens with zero attached hydrogens (tertiary/aromatic N) is 1. The average Bonchev–Trinajstić information content (AvgIpc) is 3.31. The molecule has 1 aromatic rings. The molecule has 0 aromatic heterocycles. The summed E-state index contributed by atoms with van der Waals surface area (Å²) in [6.07, 6.45) is 3.38. The average molecular weight is 618 g/mol. The number of amides is 2. The maximum absolute atomic E-state index is 13.8. The van der Waals surface area contributed by atoms with Crippen LogP contribution in [0.3, 0.4) is 0 Å². The summed E-state index contributed by atoms with van der Waals surface area (Å²) in [7, 11) is -2.93. The number of sulfone groups is 1. The first-order valence-electron chi connectivity index (χ1n) is 15.3. The van der Waals surface area contributed by atoms with Gasteiger partial charge in [-0.05, 0) is 74.3 Å². The highest BCUT2D eigenvalue weighted by Gasteiger charge is 2.68. The van der Waals surface area contributed by atoms with Gasteiger partial charge in [-0.15, -0.1) is 0 Å². The Morgan fingerprint density at radius 2 is 1.84 bits per heavy atom. The van der Waals surface area contributed by atoms with Crippen molar-refractivity contribution in [1.29, 1.82) is 0 Å². The highest BCUT2D eigenvalue weighted by atomic mass is 32.2. The molecule has 0 unspecified atom stereocenters. The molecular formula is C30H48BN5O6S. The Morgan fingerprint density at radius 1 is 1.14 bits per heavy atom. The number of carbonyl (C=O) groups is 2. The van der Waals surface area contributed by atoms with Gasteiger partial charge in [0.2, 0.25) is 11.8 Å². The molecule has 13 heteroatoms. The molecule has 4 fully saturated rings. The fourth-order valence-corrected chi connectivity index (χ4v) is 8.26. The van der Waals surface area contributed by atoms with Gasteiger partial charge >= 0.3 is 7.12 Å². The van der Waals surface area contributed by atoms with Gasteiger partial charge in [0.05, 0.1) is 22.5 Å². The van der Waals surface area contributed by atoms with Crippen LogP contribution in [0.15, 0.2) is 40.2 Å². The van der Waals surface area contributed by atoms with Crippen LogP contribution >= 0.6 is 0 Å². The monoisotopic (exact) mass is 617 g/mol. The van der Waals surface area contributed by atoms with E-state index < -0.39 is 52.1 Å². The Hall–Kier alpha value is -2.64. The summed E-state index contributed by atoms with van der Waals surface area (Å²) >= 11 is 0. The third-order valence-electron chi connectivity index (χ3n) is 9.64. The van der Waals surface area contributed by atoms with E-state index in [1.54, 1.807) is 25.2 Å². The van der Waals surface area contributed by atoms with Gasteiger partial charge in [0.25, 0.3) is 0 Å². The molecule has 1 aliphatic heterocycles. The molecule has 0 radical (unpaired) electrons. The Morgan fingerprint density at radius 3 is 2.47 bits per heavy atom. The van der Waals surface area contributed by atoms with E-state index in [-0.39, 0.29) is 34.7 Å². The number of hydrogen-bond donors (Lipinski definition) is 4. The van der Waals surface area contributed by atoms with Crippen LogP contribution in [0.2, 0.25) is 0 Å². The number of nitrogens with two attached hydrogens (primary N) is 1.